The Balaban J connectivity index is 2.49. The summed E-state index contributed by atoms with van der Waals surface area (Å²) in [4.78, 5) is 25.5. The highest BCUT2D eigenvalue weighted by molar-refractivity contribution is 5.89. The lowest BCUT2D eigenvalue weighted by molar-refractivity contribution is 0.0598. The number of methoxy groups -OCH3 is 1. The summed E-state index contributed by atoms with van der Waals surface area (Å²) in [5.74, 6) is -0.586. The molecule has 0 atom stereocenters. The number of carbonyl (C=O) groups excluding carboxylic acids is 1. The van der Waals surface area contributed by atoms with Crippen LogP contribution in [0.2, 0.25) is 0 Å². The summed E-state index contributed by atoms with van der Waals surface area (Å²) in [7, 11) is 1.27. The zero-order valence-electron chi connectivity index (χ0n) is 8.42. The summed E-state index contributed by atoms with van der Waals surface area (Å²) < 4.78 is 4.53. The van der Waals surface area contributed by atoms with Gasteiger partial charge < -0.3 is 15.0 Å². The van der Waals surface area contributed by atoms with E-state index in [0.717, 1.165) is 24.2 Å². The predicted molar refractivity (Wildman–Crippen MR) is 53.8 cm³/mol. The Morgan fingerprint density at radius 2 is 2.33 bits per heavy atom. The fourth-order valence-corrected chi connectivity index (χ4v) is 1.69. The number of H-pyrrole nitrogens is 1. The van der Waals surface area contributed by atoms with E-state index < -0.39 is 5.97 Å². The Hall–Kier alpha value is -1.62. The molecule has 0 fully saturated rings. The number of carbonyl (C=O) groups is 1. The third-order valence-electron chi connectivity index (χ3n) is 2.49. The number of fused-ring (bicyclic) bond motifs is 1. The Kier molecular flexibility index (Phi) is 2.55. The van der Waals surface area contributed by atoms with Crippen molar-refractivity contribution < 1.29 is 9.53 Å². The minimum absolute atomic E-state index is 0.0816. The topological polar surface area (TPSA) is 71.2 Å². The molecule has 0 spiro atoms. The Bertz CT molecular complexity index is 450. The average molecular weight is 208 g/mol. The van der Waals surface area contributed by atoms with E-state index in [9.17, 15) is 9.59 Å². The second kappa shape index (κ2) is 3.86. The van der Waals surface area contributed by atoms with Crippen LogP contribution in [0.3, 0.4) is 0 Å². The number of esters is 1. The molecule has 5 nitrogen and oxygen atoms in total. The quantitative estimate of drug-likeness (QED) is 0.627. The smallest absolute Gasteiger partial charge is 0.343 e. The monoisotopic (exact) mass is 208 g/mol. The van der Waals surface area contributed by atoms with E-state index in [4.69, 9.17) is 0 Å². The summed E-state index contributed by atoms with van der Waals surface area (Å²) in [5.41, 5.74) is 1.56. The van der Waals surface area contributed by atoms with Gasteiger partial charge in [0.05, 0.1) is 7.11 Å². The van der Waals surface area contributed by atoms with E-state index in [1.807, 2.05) is 0 Å². The fourth-order valence-electron chi connectivity index (χ4n) is 1.69. The summed E-state index contributed by atoms with van der Waals surface area (Å²) in [6.07, 6.45) is 0.816. The van der Waals surface area contributed by atoms with Crippen LogP contribution < -0.4 is 10.9 Å². The van der Waals surface area contributed by atoms with Gasteiger partial charge in [0.15, 0.2) is 0 Å². The van der Waals surface area contributed by atoms with Crippen LogP contribution in [0.4, 0.5) is 0 Å². The predicted octanol–water partition coefficient (Wildman–Crippen LogP) is -0.193. The molecule has 0 radical (unpaired) electrons. The van der Waals surface area contributed by atoms with Crippen molar-refractivity contribution >= 4 is 5.97 Å². The van der Waals surface area contributed by atoms with Gasteiger partial charge in [-0.15, -0.1) is 0 Å². The standard InChI is InChI=1S/C10H12N2O3/c1-15-10(14)7-4-6-2-3-11-5-8(6)12-9(7)13/h4,11H,2-3,5H2,1H3,(H,12,13). The molecule has 1 aliphatic rings. The molecule has 0 unspecified atom stereocenters. The van der Waals surface area contributed by atoms with Crippen LogP contribution in [0.5, 0.6) is 0 Å². The van der Waals surface area contributed by atoms with Gasteiger partial charge >= 0.3 is 5.97 Å². The second-order valence-corrected chi connectivity index (χ2v) is 3.43. The third kappa shape index (κ3) is 1.78. The minimum atomic E-state index is -0.586. The molecule has 2 N–H and O–H groups in total. The van der Waals surface area contributed by atoms with Crippen LogP contribution in [-0.2, 0) is 17.7 Å². The minimum Gasteiger partial charge on any atom is -0.465 e. The van der Waals surface area contributed by atoms with Gasteiger partial charge in [-0.25, -0.2) is 4.79 Å². The lowest BCUT2D eigenvalue weighted by Crippen LogP contribution is -2.29. The van der Waals surface area contributed by atoms with Crippen molar-refractivity contribution in [2.75, 3.05) is 13.7 Å². The molecule has 0 aliphatic carbocycles. The molecule has 80 valence electrons. The van der Waals surface area contributed by atoms with Crippen molar-refractivity contribution in [2.45, 2.75) is 13.0 Å². The Morgan fingerprint density at radius 1 is 1.53 bits per heavy atom. The van der Waals surface area contributed by atoms with Crippen LogP contribution in [0.25, 0.3) is 0 Å². The van der Waals surface area contributed by atoms with Crippen molar-refractivity contribution in [3.63, 3.8) is 0 Å². The number of ether oxygens (including phenoxy) is 1. The van der Waals surface area contributed by atoms with Gasteiger partial charge in [-0.2, -0.15) is 0 Å². The van der Waals surface area contributed by atoms with Crippen molar-refractivity contribution in [2.24, 2.45) is 0 Å². The number of hydrogen-bond donors (Lipinski definition) is 2. The molecule has 0 saturated carbocycles. The molecule has 0 aromatic carbocycles. The summed E-state index contributed by atoms with van der Waals surface area (Å²) in [5, 5.41) is 3.14. The lowest BCUT2D eigenvalue weighted by Gasteiger charge is -2.16. The summed E-state index contributed by atoms with van der Waals surface area (Å²) in [6, 6.07) is 1.63. The zero-order chi connectivity index (χ0) is 10.8. The van der Waals surface area contributed by atoms with Crippen molar-refractivity contribution in [1.82, 2.24) is 10.3 Å². The normalized spacial score (nSPS) is 14.5. The third-order valence-corrected chi connectivity index (χ3v) is 2.49. The highest BCUT2D eigenvalue weighted by Gasteiger charge is 2.16. The molecule has 1 aromatic heterocycles. The largest absolute Gasteiger partial charge is 0.465 e. The molecule has 2 rings (SSSR count). The molecule has 0 amide bonds. The zero-order valence-corrected chi connectivity index (χ0v) is 8.42. The van der Waals surface area contributed by atoms with Crippen LogP contribution in [0, 0.1) is 0 Å². The number of rotatable bonds is 1. The first-order chi connectivity index (χ1) is 7.22. The SMILES string of the molecule is COC(=O)c1cc2c([nH]c1=O)CNCC2. The molecular weight excluding hydrogens is 196 g/mol. The first-order valence-corrected chi connectivity index (χ1v) is 4.76. The van der Waals surface area contributed by atoms with E-state index in [2.05, 4.69) is 15.0 Å². The van der Waals surface area contributed by atoms with Crippen LogP contribution in [-0.4, -0.2) is 24.6 Å². The van der Waals surface area contributed by atoms with Gasteiger partial charge in [-0.1, -0.05) is 0 Å². The number of pyridine rings is 1. The molecule has 2 heterocycles. The van der Waals surface area contributed by atoms with Crippen LogP contribution >= 0.6 is 0 Å². The number of nitrogens with one attached hydrogen (secondary N) is 2. The van der Waals surface area contributed by atoms with Gasteiger partial charge in [0.25, 0.3) is 5.56 Å². The molecule has 0 bridgehead atoms. The van der Waals surface area contributed by atoms with E-state index in [1.54, 1.807) is 6.07 Å². The van der Waals surface area contributed by atoms with Crippen molar-refractivity contribution in [3.05, 3.63) is 33.2 Å². The maximum absolute atomic E-state index is 11.5. The number of aromatic nitrogens is 1. The van der Waals surface area contributed by atoms with Crippen LogP contribution in [0.1, 0.15) is 21.6 Å². The number of aromatic amines is 1. The van der Waals surface area contributed by atoms with E-state index in [1.165, 1.54) is 7.11 Å². The molecule has 1 aromatic rings. The van der Waals surface area contributed by atoms with Crippen molar-refractivity contribution in [3.8, 4) is 0 Å². The first-order valence-electron chi connectivity index (χ1n) is 4.76. The Morgan fingerprint density at radius 3 is 3.07 bits per heavy atom. The van der Waals surface area contributed by atoms with E-state index in [-0.39, 0.29) is 11.1 Å². The molecule has 1 aliphatic heterocycles. The van der Waals surface area contributed by atoms with Gasteiger partial charge in [-0.3, -0.25) is 4.79 Å². The van der Waals surface area contributed by atoms with E-state index >= 15 is 0 Å². The highest BCUT2D eigenvalue weighted by Crippen LogP contribution is 2.10. The molecule has 5 heteroatoms. The highest BCUT2D eigenvalue weighted by atomic mass is 16.5. The first kappa shape index (κ1) is 9.92. The molecular formula is C10H12N2O3. The molecule has 0 saturated heterocycles. The van der Waals surface area contributed by atoms with Gasteiger partial charge in [0, 0.05) is 12.2 Å². The lowest BCUT2D eigenvalue weighted by atomic mass is 10.0. The second-order valence-electron chi connectivity index (χ2n) is 3.43. The maximum atomic E-state index is 11.5. The van der Waals surface area contributed by atoms with Crippen LogP contribution in [0.15, 0.2) is 10.9 Å². The van der Waals surface area contributed by atoms with Gasteiger partial charge in [0.2, 0.25) is 0 Å². The maximum Gasteiger partial charge on any atom is 0.343 e. The Labute approximate surface area is 86.5 Å². The molecule has 15 heavy (non-hydrogen) atoms. The van der Waals surface area contributed by atoms with Gasteiger partial charge in [0.1, 0.15) is 5.56 Å². The summed E-state index contributed by atoms with van der Waals surface area (Å²) in [6.45, 7) is 1.51. The van der Waals surface area contributed by atoms with Gasteiger partial charge in [-0.05, 0) is 24.6 Å². The summed E-state index contributed by atoms with van der Waals surface area (Å²) >= 11 is 0. The van der Waals surface area contributed by atoms with E-state index in [0.29, 0.717) is 6.54 Å². The average Bonchev–Trinajstić information content (AvgIpc) is 2.27. The fraction of sp³-hybridized carbons (Fsp3) is 0.400. The van der Waals surface area contributed by atoms with Crippen molar-refractivity contribution in [1.29, 1.82) is 0 Å². The number of hydrogen-bond acceptors (Lipinski definition) is 4.